The summed E-state index contributed by atoms with van der Waals surface area (Å²) in [7, 11) is 0. The average Bonchev–Trinajstić information content (AvgIpc) is 4.02. The Morgan fingerprint density at radius 2 is 1.80 bits per heavy atom. The first-order valence-electron chi connectivity index (χ1n) is 19.4. The minimum atomic E-state index is -1.22. The smallest absolute Gasteiger partial charge is 0.327 e. The fourth-order valence-electron chi connectivity index (χ4n) is 11.4. The molecule has 1 aromatic carbocycles. The van der Waals surface area contributed by atoms with Crippen LogP contribution in [0, 0.1) is 34.5 Å². The molecule has 1 amide bonds. The molecule has 0 radical (unpaired) electrons. The Labute approximate surface area is 294 Å². The number of amides is 1. The van der Waals surface area contributed by atoms with E-state index in [9.17, 15) is 14.7 Å². The monoisotopic (exact) mass is 688 g/mol. The van der Waals surface area contributed by atoms with Crippen LogP contribution in [0.2, 0.25) is 0 Å². The van der Waals surface area contributed by atoms with Gasteiger partial charge in [-0.15, -0.1) is 0 Å². The van der Waals surface area contributed by atoms with Gasteiger partial charge < -0.3 is 29.4 Å². The van der Waals surface area contributed by atoms with Crippen molar-refractivity contribution in [1.29, 1.82) is 0 Å². The Morgan fingerprint density at radius 1 is 1.02 bits per heavy atom. The topological polar surface area (TPSA) is 119 Å². The summed E-state index contributed by atoms with van der Waals surface area (Å²) < 4.78 is 26.1. The molecule has 1 unspecified atom stereocenters. The quantitative estimate of drug-likeness (QED) is 0.297. The van der Waals surface area contributed by atoms with E-state index in [1.54, 1.807) is 5.06 Å². The van der Waals surface area contributed by atoms with E-state index in [2.05, 4.69) is 56.4 Å². The van der Waals surface area contributed by atoms with Crippen LogP contribution in [0.3, 0.4) is 0 Å². The molecule has 1 aromatic rings. The average molecular weight is 689 g/mol. The lowest BCUT2D eigenvalue weighted by Crippen LogP contribution is -2.69. The van der Waals surface area contributed by atoms with Gasteiger partial charge in [0, 0.05) is 24.8 Å². The van der Waals surface area contributed by atoms with Crippen LogP contribution in [-0.2, 0) is 39.9 Å². The van der Waals surface area contributed by atoms with Gasteiger partial charge in [-0.2, -0.15) is 5.06 Å². The number of aliphatic hydroxyl groups is 1. The molecule has 50 heavy (non-hydrogen) atoms. The molecule has 0 spiro atoms. The minimum absolute atomic E-state index is 0.0537. The number of epoxide rings is 1. The third-order valence-corrected chi connectivity index (χ3v) is 14.3. The summed E-state index contributed by atoms with van der Waals surface area (Å²) in [4.78, 5) is 35.0. The normalized spacial score (nSPS) is 44.5. The molecule has 270 valence electrons. The molecule has 10 atom stereocenters. The van der Waals surface area contributed by atoms with Crippen molar-refractivity contribution in [3.63, 3.8) is 0 Å². The van der Waals surface area contributed by atoms with E-state index < -0.39 is 47.6 Å². The number of hydroxylamine groups is 2. The lowest BCUT2D eigenvalue weighted by molar-refractivity contribution is -0.235. The first kappa shape index (κ1) is 32.3. The molecule has 4 heterocycles. The number of carbonyl (C=O) groups is 2. The molecule has 10 nitrogen and oxygen atoms in total. The zero-order valence-electron chi connectivity index (χ0n) is 29.6. The molecule has 2 bridgehead atoms. The molecule has 10 rings (SSSR count). The Morgan fingerprint density at radius 3 is 2.54 bits per heavy atom. The second-order valence-electron chi connectivity index (χ2n) is 18.0. The first-order chi connectivity index (χ1) is 24.0. The van der Waals surface area contributed by atoms with E-state index in [1.807, 2.05) is 0 Å². The van der Waals surface area contributed by atoms with Crippen LogP contribution in [0.5, 0.6) is 0 Å². The Bertz CT molecular complexity index is 1610. The molecule has 4 saturated heterocycles. The summed E-state index contributed by atoms with van der Waals surface area (Å²) in [6, 6.07) is 7.56. The first-order valence-corrected chi connectivity index (χ1v) is 19.4. The summed E-state index contributed by atoms with van der Waals surface area (Å²) in [6.07, 6.45) is 10.7. The van der Waals surface area contributed by atoms with Gasteiger partial charge in [-0.3, -0.25) is 14.4 Å². The van der Waals surface area contributed by atoms with Crippen molar-refractivity contribution < 1.29 is 38.5 Å². The standard InChI is InChI=1S/C40H52N2O8/c1-37(2)19-27-24(7-12-30-38(3,47-30)14-13-28(27)37)18-22-5-4-6-23(17-22)21-42-33-35(44)46-29-20-39(33,36(45)41-15-16-43)34(50-42)32-31(29)48-40(49-32,25-8-9-25)26-10-11-26/h4-6,17-18,25-34,43H,7-16,19-21H2,1-3H3,(H,41,45)/t27-,28-,29-,30?,31+,32+,33+,34-,38-,39+/m1/s1. The van der Waals surface area contributed by atoms with Crippen LogP contribution in [-0.4, -0.2) is 83.1 Å². The zero-order valence-corrected chi connectivity index (χ0v) is 29.6. The highest BCUT2D eigenvalue weighted by Crippen LogP contribution is 2.64. The van der Waals surface area contributed by atoms with Crippen molar-refractivity contribution in [2.24, 2.45) is 34.5 Å². The molecular weight excluding hydrogens is 636 g/mol. The fourth-order valence-corrected chi connectivity index (χ4v) is 11.4. The van der Waals surface area contributed by atoms with E-state index in [-0.39, 0.29) is 24.7 Å². The van der Waals surface area contributed by atoms with E-state index in [0.29, 0.717) is 48.2 Å². The number of aliphatic hydroxyl groups excluding tert-OH is 1. The highest BCUT2D eigenvalue weighted by molar-refractivity contribution is 5.93. The second kappa shape index (κ2) is 11.1. The third-order valence-electron chi connectivity index (χ3n) is 14.3. The number of allylic oxidation sites excluding steroid dienone is 1. The van der Waals surface area contributed by atoms with Crippen LogP contribution in [0.1, 0.15) is 96.1 Å². The Kier molecular flexibility index (Phi) is 7.17. The highest BCUT2D eigenvalue weighted by atomic mass is 16.8. The number of nitrogens with zero attached hydrogens (tertiary/aromatic N) is 1. The van der Waals surface area contributed by atoms with E-state index >= 15 is 0 Å². The molecule has 9 fully saturated rings. The van der Waals surface area contributed by atoms with Gasteiger partial charge in [0.1, 0.15) is 29.8 Å². The molecule has 9 aliphatic rings. The van der Waals surface area contributed by atoms with Gasteiger partial charge in [0.25, 0.3) is 0 Å². The molecule has 2 N–H and O–H groups in total. The molecule has 4 aliphatic heterocycles. The maximum Gasteiger partial charge on any atom is 0.327 e. The van der Waals surface area contributed by atoms with Crippen LogP contribution < -0.4 is 5.32 Å². The second-order valence-corrected chi connectivity index (χ2v) is 18.0. The van der Waals surface area contributed by atoms with Crippen LogP contribution in [0.4, 0.5) is 0 Å². The number of benzene rings is 1. The summed E-state index contributed by atoms with van der Waals surface area (Å²) in [5, 5.41) is 14.2. The van der Waals surface area contributed by atoms with Crippen molar-refractivity contribution in [3.8, 4) is 0 Å². The van der Waals surface area contributed by atoms with E-state index in [1.165, 1.54) is 18.4 Å². The summed E-state index contributed by atoms with van der Waals surface area (Å²) in [6.45, 7) is 7.35. The predicted molar refractivity (Wildman–Crippen MR) is 181 cm³/mol. The van der Waals surface area contributed by atoms with E-state index in [0.717, 1.165) is 56.1 Å². The molecule has 10 heteroatoms. The largest absolute Gasteiger partial charge is 0.458 e. The number of fused-ring (bicyclic) bond motifs is 6. The highest BCUT2D eigenvalue weighted by Gasteiger charge is 2.78. The summed E-state index contributed by atoms with van der Waals surface area (Å²) in [5.74, 6) is 0.465. The van der Waals surface area contributed by atoms with Gasteiger partial charge in [-0.1, -0.05) is 49.8 Å². The molecule has 5 aliphatic carbocycles. The van der Waals surface area contributed by atoms with Gasteiger partial charge in [-0.05, 0) is 93.1 Å². The van der Waals surface area contributed by atoms with Crippen LogP contribution in [0.25, 0.3) is 6.08 Å². The van der Waals surface area contributed by atoms with E-state index in [4.69, 9.17) is 23.8 Å². The van der Waals surface area contributed by atoms with Crippen molar-refractivity contribution >= 4 is 18.0 Å². The van der Waals surface area contributed by atoms with Gasteiger partial charge in [0.15, 0.2) is 11.8 Å². The number of carbonyl (C=O) groups excluding carboxylic acids is 2. The maximum absolute atomic E-state index is 14.2. The minimum Gasteiger partial charge on any atom is -0.458 e. The fraction of sp³-hybridized carbons (Fsp3) is 0.750. The predicted octanol–water partition coefficient (Wildman–Crippen LogP) is 4.67. The number of hydrogen-bond acceptors (Lipinski definition) is 9. The molecular formula is C40H52N2O8. The Balaban J connectivity index is 0.953. The lowest BCUT2D eigenvalue weighted by atomic mass is 9.52. The summed E-state index contributed by atoms with van der Waals surface area (Å²) in [5.41, 5.74) is 2.84. The van der Waals surface area contributed by atoms with Crippen LogP contribution in [0.15, 0.2) is 29.8 Å². The molecule has 0 aromatic heterocycles. The van der Waals surface area contributed by atoms with Gasteiger partial charge in [0.2, 0.25) is 5.91 Å². The number of hydrogen-bond donors (Lipinski definition) is 2. The third kappa shape index (κ3) is 4.81. The maximum atomic E-state index is 14.2. The summed E-state index contributed by atoms with van der Waals surface area (Å²) >= 11 is 0. The number of esters is 1. The van der Waals surface area contributed by atoms with Crippen molar-refractivity contribution in [2.75, 3.05) is 13.2 Å². The van der Waals surface area contributed by atoms with Crippen molar-refractivity contribution in [1.82, 2.24) is 10.4 Å². The van der Waals surface area contributed by atoms with Crippen molar-refractivity contribution in [3.05, 3.63) is 41.0 Å². The van der Waals surface area contributed by atoms with Gasteiger partial charge in [0.05, 0.1) is 24.9 Å². The number of ether oxygens (including phenoxy) is 4. The van der Waals surface area contributed by atoms with Gasteiger partial charge in [-0.25, -0.2) is 0 Å². The molecule has 5 saturated carbocycles. The number of rotatable bonds is 8. The lowest BCUT2D eigenvalue weighted by Gasteiger charge is -2.53. The van der Waals surface area contributed by atoms with Crippen LogP contribution >= 0.6 is 0 Å². The zero-order chi connectivity index (χ0) is 34.2. The Hall–Kier alpha value is -2.34. The van der Waals surface area contributed by atoms with Gasteiger partial charge >= 0.3 is 5.97 Å². The SMILES string of the molecule is CC1(C)C[C@@H]2C(=Cc3cccc(CN4O[C@@H]5[C@H]6OC(C7CC7)(C7CC7)O[C@H]6[C@H]6C[C@]5(C(=O)NCCO)[C@@H]4C(=O)O6)c3)CCC3O[C@]3(C)CC[C@H]21. The number of nitrogens with one attached hydrogen (secondary N) is 1. The van der Waals surface area contributed by atoms with Crippen molar-refractivity contribution in [2.45, 2.75) is 139 Å².